The van der Waals surface area contributed by atoms with Crippen molar-refractivity contribution in [2.45, 2.75) is 111 Å². The van der Waals surface area contributed by atoms with E-state index in [-0.39, 0.29) is 11.6 Å². The number of nitrogens with two attached hydrogens (primary N) is 1. The van der Waals surface area contributed by atoms with Gasteiger partial charge in [0.2, 0.25) is 0 Å². The maximum absolute atomic E-state index is 10.1. The maximum atomic E-state index is 10.1. The lowest BCUT2D eigenvalue weighted by atomic mass is 9.69. The van der Waals surface area contributed by atoms with Crippen LogP contribution in [0.4, 0.5) is 0 Å². The van der Waals surface area contributed by atoms with Crippen LogP contribution in [0.1, 0.15) is 101 Å². The normalized spacial score (nSPS) is 13.3. The van der Waals surface area contributed by atoms with Gasteiger partial charge in [-0.1, -0.05) is 57.5 Å². The van der Waals surface area contributed by atoms with Crippen LogP contribution in [-0.4, -0.2) is 16.9 Å². The lowest BCUT2D eigenvalue weighted by molar-refractivity contribution is 0.0713. The zero-order valence-corrected chi connectivity index (χ0v) is 21.4. The van der Waals surface area contributed by atoms with Crippen LogP contribution < -0.4 is 10.5 Å². The molecule has 1 unspecified atom stereocenters. The highest BCUT2D eigenvalue weighted by molar-refractivity contribution is 5.47. The van der Waals surface area contributed by atoms with E-state index in [1.165, 1.54) is 22.3 Å². The molecule has 0 aliphatic carbocycles. The van der Waals surface area contributed by atoms with Gasteiger partial charge in [0.25, 0.3) is 0 Å². The molecule has 0 aromatic heterocycles. The Morgan fingerprint density at radius 3 is 2.03 bits per heavy atom. The van der Waals surface area contributed by atoms with Crippen molar-refractivity contribution in [3.8, 4) is 5.75 Å². The second-order valence-corrected chi connectivity index (χ2v) is 10.0. The predicted octanol–water partition coefficient (Wildman–Crippen LogP) is 6.97. The highest BCUT2D eigenvalue weighted by Crippen LogP contribution is 2.41. The molecule has 2 aromatic carbocycles. The Morgan fingerprint density at radius 1 is 0.938 bits per heavy atom. The predicted molar refractivity (Wildman–Crippen MR) is 136 cm³/mol. The molecule has 3 nitrogen and oxygen atoms in total. The zero-order valence-electron chi connectivity index (χ0n) is 21.4. The fourth-order valence-electron chi connectivity index (χ4n) is 4.65. The lowest BCUT2D eigenvalue weighted by Crippen LogP contribution is -2.28. The summed E-state index contributed by atoms with van der Waals surface area (Å²) in [5, 5.41) is 10.1. The van der Waals surface area contributed by atoms with Crippen LogP contribution >= 0.6 is 0 Å². The average Bonchev–Trinajstić information content (AvgIpc) is 2.74. The van der Waals surface area contributed by atoms with Crippen LogP contribution in [0.3, 0.4) is 0 Å². The van der Waals surface area contributed by atoms with Crippen LogP contribution in [0, 0.1) is 13.8 Å². The first-order chi connectivity index (χ1) is 15.1. The van der Waals surface area contributed by atoms with Gasteiger partial charge in [-0.2, -0.15) is 0 Å². The first-order valence-electron chi connectivity index (χ1n) is 12.4. The number of hydrogen-bond donors (Lipinski definition) is 2. The van der Waals surface area contributed by atoms with Crippen LogP contribution in [0.2, 0.25) is 0 Å². The first-order valence-corrected chi connectivity index (χ1v) is 12.4. The van der Waals surface area contributed by atoms with Gasteiger partial charge in [0.15, 0.2) is 0 Å². The Hall–Kier alpha value is -1.84. The number of aliphatic hydroxyl groups is 1. The molecular formula is C29H45NO2. The Labute approximate surface area is 196 Å². The van der Waals surface area contributed by atoms with Crippen molar-refractivity contribution < 1.29 is 9.84 Å². The van der Waals surface area contributed by atoms with Crippen molar-refractivity contribution in [3.63, 3.8) is 0 Å². The van der Waals surface area contributed by atoms with Crippen molar-refractivity contribution in [2.24, 2.45) is 5.73 Å². The molecule has 0 heterocycles. The van der Waals surface area contributed by atoms with Crippen LogP contribution in [0.25, 0.3) is 0 Å². The number of rotatable bonds is 12. The van der Waals surface area contributed by atoms with E-state index in [1.54, 1.807) is 0 Å². The summed E-state index contributed by atoms with van der Waals surface area (Å²) in [6.07, 6.45) is 6.55. The van der Waals surface area contributed by atoms with Gasteiger partial charge < -0.3 is 9.84 Å². The fourth-order valence-corrected chi connectivity index (χ4v) is 4.65. The highest BCUT2D eigenvalue weighted by atomic mass is 16.5. The van der Waals surface area contributed by atoms with Crippen molar-refractivity contribution >= 4 is 0 Å². The molecular weight excluding hydrogens is 394 g/mol. The van der Waals surface area contributed by atoms with Gasteiger partial charge >= 0.3 is 0 Å². The second-order valence-electron chi connectivity index (χ2n) is 10.0. The minimum absolute atomic E-state index is 0.0346. The largest absolute Gasteiger partial charge is 0.475 e. The summed E-state index contributed by atoms with van der Waals surface area (Å²) in [4.78, 5) is 0. The summed E-state index contributed by atoms with van der Waals surface area (Å²) < 4.78 is 6.03. The fraction of sp³-hybridized carbons (Fsp3) is 0.586. The molecule has 178 valence electrons. The molecule has 2 rings (SSSR count). The number of aryl methyl sites for hydroxylation is 3. The lowest BCUT2D eigenvalue weighted by Gasteiger charge is -2.34. The second kappa shape index (κ2) is 11.3. The summed E-state index contributed by atoms with van der Waals surface area (Å²) >= 11 is 0. The molecule has 0 radical (unpaired) electrons. The topological polar surface area (TPSA) is 55.5 Å². The van der Waals surface area contributed by atoms with E-state index in [2.05, 4.69) is 71.0 Å². The zero-order chi connectivity index (χ0) is 23.9. The minimum Gasteiger partial charge on any atom is -0.475 e. The highest BCUT2D eigenvalue weighted by Gasteiger charge is 2.31. The van der Waals surface area contributed by atoms with Gasteiger partial charge in [0, 0.05) is 5.41 Å². The third kappa shape index (κ3) is 6.59. The van der Waals surface area contributed by atoms with Gasteiger partial charge in [-0.3, -0.25) is 5.73 Å². The molecule has 0 amide bonds. The molecule has 3 heteroatoms. The SMILES string of the molecule is CCCCC(N)Oc1ccc(C(CC)(CC)c2ccc(CCC(C)(C)O)c(C)c2)cc1C. The number of benzene rings is 2. The van der Waals surface area contributed by atoms with E-state index in [4.69, 9.17) is 10.5 Å². The molecule has 1 atom stereocenters. The molecule has 0 aliphatic heterocycles. The molecule has 32 heavy (non-hydrogen) atoms. The van der Waals surface area contributed by atoms with E-state index in [0.29, 0.717) is 0 Å². The van der Waals surface area contributed by atoms with E-state index in [9.17, 15) is 5.11 Å². The van der Waals surface area contributed by atoms with Gasteiger partial charge in [-0.05, 0) is 100 Å². The summed E-state index contributed by atoms with van der Waals surface area (Å²) in [6, 6.07) is 13.5. The quantitative estimate of drug-likeness (QED) is 0.351. The van der Waals surface area contributed by atoms with E-state index in [1.807, 2.05) is 13.8 Å². The number of hydrogen-bond acceptors (Lipinski definition) is 3. The average molecular weight is 440 g/mol. The van der Waals surface area contributed by atoms with Gasteiger partial charge in [0.05, 0.1) is 5.60 Å². The van der Waals surface area contributed by atoms with Crippen LogP contribution in [-0.2, 0) is 11.8 Å². The van der Waals surface area contributed by atoms with Crippen molar-refractivity contribution in [3.05, 3.63) is 64.2 Å². The third-order valence-electron chi connectivity index (χ3n) is 6.96. The molecule has 0 spiro atoms. The number of ether oxygens (including phenoxy) is 1. The monoisotopic (exact) mass is 439 g/mol. The molecule has 0 fully saturated rings. The van der Waals surface area contributed by atoms with E-state index >= 15 is 0 Å². The molecule has 0 aliphatic rings. The van der Waals surface area contributed by atoms with Gasteiger partial charge in [-0.25, -0.2) is 0 Å². The third-order valence-corrected chi connectivity index (χ3v) is 6.96. The molecule has 2 aromatic rings. The summed E-state index contributed by atoms with van der Waals surface area (Å²) in [5.74, 6) is 0.886. The standard InChI is InChI=1S/C29H45NO2/c1-8-11-12-27(30)32-26-16-15-25(20-22(26)5)29(9-2,10-3)24-14-13-23(21(4)19-24)17-18-28(6,7)31/h13-16,19-20,27,31H,8-12,17-18,30H2,1-7H3. The maximum Gasteiger partial charge on any atom is 0.147 e. The summed E-state index contributed by atoms with van der Waals surface area (Å²) in [5.41, 5.74) is 12.0. The van der Waals surface area contributed by atoms with E-state index < -0.39 is 5.60 Å². The van der Waals surface area contributed by atoms with Gasteiger partial charge in [0.1, 0.15) is 12.0 Å². The number of unbranched alkanes of at least 4 members (excludes halogenated alkanes) is 1. The minimum atomic E-state index is -0.637. The van der Waals surface area contributed by atoms with Crippen LogP contribution in [0.5, 0.6) is 5.75 Å². The van der Waals surface area contributed by atoms with Gasteiger partial charge in [-0.15, -0.1) is 0 Å². The Morgan fingerprint density at radius 2 is 1.53 bits per heavy atom. The van der Waals surface area contributed by atoms with Crippen molar-refractivity contribution in [1.29, 1.82) is 0 Å². The molecule has 0 saturated heterocycles. The molecule has 0 bridgehead atoms. The van der Waals surface area contributed by atoms with E-state index in [0.717, 1.165) is 56.3 Å². The Bertz CT molecular complexity index is 862. The summed E-state index contributed by atoms with van der Waals surface area (Å²) in [7, 11) is 0. The Balaban J connectivity index is 2.33. The molecule has 0 saturated carbocycles. The smallest absolute Gasteiger partial charge is 0.147 e. The Kier molecular flexibility index (Phi) is 9.36. The van der Waals surface area contributed by atoms with Crippen molar-refractivity contribution in [1.82, 2.24) is 0 Å². The molecule has 3 N–H and O–H groups in total. The summed E-state index contributed by atoms with van der Waals surface area (Å²) in [6.45, 7) is 14.8. The first kappa shape index (κ1) is 26.4. The van der Waals surface area contributed by atoms with Crippen LogP contribution in [0.15, 0.2) is 36.4 Å². The van der Waals surface area contributed by atoms with Crippen molar-refractivity contribution in [2.75, 3.05) is 0 Å².